The Morgan fingerprint density at radius 3 is 2.47 bits per heavy atom. The highest BCUT2D eigenvalue weighted by molar-refractivity contribution is 7.88. The highest BCUT2D eigenvalue weighted by Crippen LogP contribution is 2.11. The molecule has 0 atom stereocenters. The molecular formula is C13H19N3O2S. The van der Waals surface area contributed by atoms with Crippen molar-refractivity contribution in [1.29, 1.82) is 5.26 Å². The van der Waals surface area contributed by atoms with E-state index < -0.39 is 10.0 Å². The van der Waals surface area contributed by atoms with Gasteiger partial charge in [0, 0.05) is 13.6 Å². The van der Waals surface area contributed by atoms with Crippen molar-refractivity contribution in [2.45, 2.75) is 12.2 Å². The number of rotatable bonds is 7. The molecule has 0 saturated heterocycles. The second kappa shape index (κ2) is 7.24. The number of sulfonamides is 1. The molecule has 19 heavy (non-hydrogen) atoms. The Morgan fingerprint density at radius 2 is 1.95 bits per heavy atom. The molecule has 1 N–H and O–H groups in total. The maximum atomic E-state index is 12.1. The SMILES string of the molecule is CNCCCN(C)S(=O)(=O)Cc1ccc(C#N)cc1. The number of hydrogen-bond donors (Lipinski definition) is 1. The maximum absolute atomic E-state index is 12.1. The summed E-state index contributed by atoms with van der Waals surface area (Å²) < 4.78 is 25.6. The van der Waals surface area contributed by atoms with E-state index in [0.717, 1.165) is 13.0 Å². The molecule has 0 radical (unpaired) electrons. The van der Waals surface area contributed by atoms with E-state index in [9.17, 15) is 8.42 Å². The molecule has 0 spiro atoms. The quantitative estimate of drug-likeness (QED) is 0.755. The molecule has 1 rings (SSSR count). The van der Waals surface area contributed by atoms with Gasteiger partial charge in [-0.1, -0.05) is 12.1 Å². The summed E-state index contributed by atoms with van der Waals surface area (Å²) in [5.74, 6) is -0.0330. The van der Waals surface area contributed by atoms with Gasteiger partial charge in [0.25, 0.3) is 0 Å². The lowest BCUT2D eigenvalue weighted by Crippen LogP contribution is -2.30. The lowest BCUT2D eigenvalue weighted by atomic mass is 10.2. The van der Waals surface area contributed by atoms with Crippen molar-refractivity contribution in [3.63, 3.8) is 0 Å². The smallest absolute Gasteiger partial charge is 0.218 e. The zero-order chi connectivity index (χ0) is 14.3. The average Bonchev–Trinajstić information content (AvgIpc) is 2.39. The molecule has 0 aliphatic rings. The summed E-state index contributed by atoms with van der Waals surface area (Å²) in [5.41, 5.74) is 1.22. The first-order valence-electron chi connectivity index (χ1n) is 6.07. The van der Waals surface area contributed by atoms with E-state index in [4.69, 9.17) is 5.26 Å². The molecule has 0 unspecified atom stereocenters. The third-order valence-corrected chi connectivity index (χ3v) is 4.64. The Bertz CT molecular complexity index is 532. The number of nitriles is 1. The second-order valence-electron chi connectivity index (χ2n) is 4.34. The van der Waals surface area contributed by atoms with Crippen LogP contribution in [-0.2, 0) is 15.8 Å². The van der Waals surface area contributed by atoms with E-state index >= 15 is 0 Å². The Hall–Kier alpha value is -1.42. The third kappa shape index (κ3) is 4.99. The topological polar surface area (TPSA) is 73.2 Å². The molecular weight excluding hydrogens is 262 g/mol. The monoisotopic (exact) mass is 281 g/mol. The normalized spacial score (nSPS) is 11.5. The molecule has 0 heterocycles. The molecule has 0 saturated carbocycles. The van der Waals surface area contributed by atoms with E-state index in [2.05, 4.69) is 5.32 Å². The molecule has 6 heteroatoms. The van der Waals surface area contributed by atoms with Gasteiger partial charge in [-0.05, 0) is 37.7 Å². The average molecular weight is 281 g/mol. The minimum Gasteiger partial charge on any atom is -0.320 e. The third-order valence-electron chi connectivity index (χ3n) is 2.81. The summed E-state index contributed by atoms with van der Waals surface area (Å²) >= 11 is 0. The van der Waals surface area contributed by atoms with Crippen LogP contribution in [0.25, 0.3) is 0 Å². The van der Waals surface area contributed by atoms with Gasteiger partial charge in [0.2, 0.25) is 10.0 Å². The first kappa shape index (κ1) is 15.6. The fourth-order valence-corrected chi connectivity index (χ4v) is 2.86. The van der Waals surface area contributed by atoms with Crippen molar-refractivity contribution in [2.24, 2.45) is 0 Å². The zero-order valence-electron chi connectivity index (χ0n) is 11.3. The van der Waals surface area contributed by atoms with Crippen LogP contribution in [0.4, 0.5) is 0 Å². The highest BCUT2D eigenvalue weighted by atomic mass is 32.2. The Morgan fingerprint density at radius 1 is 1.32 bits per heavy atom. The van der Waals surface area contributed by atoms with Crippen LogP contribution in [0.15, 0.2) is 24.3 Å². The van der Waals surface area contributed by atoms with Gasteiger partial charge in [0.1, 0.15) is 0 Å². The minimum atomic E-state index is -3.29. The van der Waals surface area contributed by atoms with Gasteiger partial charge < -0.3 is 5.32 Å². The number of nitrogens with zero attached hydrogens (tertiary/aromatic N) is 2. The highest BCUT2D eigenvalue weighted by Gasteiger charge is 2.17. The van der Waals surface area contributed by atoms with Crippen molar-refractivity contribution < 1.29 is 8.42 Å². The van der Waals surface area contributed by atoms with E-state index in [1.807, 2.05) is 13.1 Å². The number of hydrogen-bond acceptors (Lipinski definition) is 4. The Balaban J connectivity index is 2.65. The van der Waals surface area contributed by atoms with Crippen LogP contribution in [0, 0.1) is 11.3 Å². The minimum absolute atomic E-state index is 0.0330. The first-order valence-corrected chi connectivity index (χ1v) is 7.68. The molecule has 0 aliphatic carbocycles. The van der Waals surface area contributed by atoms with Gasteiger partial charge in [-0.3, -0.25) is 0 Å². The van der Waals surface area contributed by atoms with Gasteiger partial charge >= 0.3 is 0 Å². The van der Waals surface area contributed by atoms with Crippen molar-refractivity contribution in [1.82, 2.24) is 9.62 Å². The lowest BCUT2D eigenvalue weighted by molar-refractivity contribution is 0.457. The van der Waals surface area contributed by atoms with Crippen molar-refractivity contribution >= 4 is 10.0 Å². The zero-order valence-corrected chi connectivity index (χ0v) is 12.1. The first-order chi connectivity index (χ1) is 8.99. The predicted octanol–water partition coefficient (Wildman–Crippen LogP) is 0.929. The summed E-state index contributed by atoms with van der Waals surface area (Å²) in [4.78, 5) is 0. The molecule has 0 bridgehead atoms. The largest absolute Gasteiger partial charge is 0.320 e. The molecule has 0 fully saturated rings. The van der Waals surface area contributed by atoms with Crippen LogP contribution in [0.3, 0.4) is 0 Å². The Labute approximate surface area is 114 Å². The molecule has 104 valence electrons. The van der Waals surface area contributed by atoms with Crippen LogP contribution < -0.4 is 5.32 Å². The van der Waals surface area contributed by atoms with Crippen LogP contribution in [0.5, 0.6) is 0 Å². The molecule has 0 aromatic heterocycles. The fourth-order valence-electron chi connectivity index (χ4n) is 1.61. The van der Waals surface area contributed by atoms with Crippen molar-refractivity contribution in [3.05, 3.63) is 35.4 Å². The summed E-state index contributed by atoms with van der Waals surface area (Å²) in [5, 5.41) is 11.7. The molecule has 0 amide bonds. The van der Waals surface area contributed by atoms with E-state index in [1.54, 1.807) is 31.3 Å². The second-order valence-corrected chi connectivity index (χ2v) is 6.42. The molecule has 5 nitrogen and oxygen atoms in total. The van der Waals surface area contributed by atoms with E-state index in [1.165, 1.54) is 4.31 Å². The molecule has 0 aliphatic heterocycles. The van der Waals surface area contributed by atoms with Gasteiger partial charge in [-0.25, -0.2) is 12.7 Å². The van der Waals surface area contributed by atoms with Crippen LogP contribution >= 0.6 is 0 Å². The molecule has 1 aromatic carbocycles. The maximum Gasteiger partial charge on any atom is 0.218 e. The van der Waals surface area contributed by atoms with Crippen LogP contribution in [0.1, 0.15) is 17.5 Å². The van der Waals surface area contributed by atoms with E-state index in [0.29, 0.717) is 17.7 Å². The summed E-state index contributed by atoms with van der Waals surface area (Å²) in [6, 6.07) is 8.63. The number of benzene rings is 1. The molecule has 1 aromatic rings. The van der Waals surface area contributed by atoms with Gasteiger partial charge in [0.05, 0.1) is 17.4 Å². The van der Waals surface area contributed by atoms with Gasteiger partial charge in [-0.15, -0.1) is 0 Å². The van der Waals surface area contributed by atoms with Crippen molar-refractivity contribution in [3.8, 4) is 6.07 Å². The van der Waals surface area contributed by atoms with Crippen molar-refractivity contribution in [2.75, 3.05) is 27.2 Å². The summed E-state index contributed by atoms with van der Waals surface area (Å²) in [6.07, 6.45) is 0.777. The van der Waals surface area contributed by atoms with Crippen LogP contribution in [0.2, 0.25) is 0 Å². The number of nitrogens with one attached hydrogen (secondary N) is 1. The van der Waals surface area contributed by atoms with Crippen LogP contribution in [-0.4, -0.2) is 39.9 Å². The predicted molar refractivity (Wildman–Crippen MR) is 75.0 cm³/mol. The fraction of sp³-hybridized carbons (Fsp3) is 0.462. The summed E-state index contributed by atoms with van der Waals surface area (Å²) in [7, 11) is 0.140. The summed E-state index contributed by atoms with van der Waals surface area (Å²) in [6.45, 7) is 1.29. The Kier molecular flexibility index (Phi) is 5.96. The van der Waals surface area contributed by atoms with E-state index in [-0.39, 0.29) is 5.75 Å². The van der Waals surface area contributed by atoms with Gasteiger partial charge in [-0.2, -0.15) is 5.26 Å². The van der Waals surface area contributed by atoms with Gasteiger partial charge in [0.15, 0.2) is 0 Å². The lowest BCUT2D eigenvalue weighted by Gasteiger charge is -2.17. The standard InChI is InChI=1S/C13H19N3O2S/c1-15-8-3-9-16(2)19(17,18)11-13-6-4-12(10-14)5-7-13/h4-7,15H,3,8-9,11H2,1-2H3.